The first-order valence-electron chi connectivity index (χ1n) is 8.06. The predicted octanol–water partition coefficient (Wildman–Crippen LogP) is 5.19. The van der Waals surface area contributed by atoms with Crippen LogP contribution in [0.5, 0.6) is 0 Å². The molecule has 4 heteroatoms. The number of nitrogens with zero attached hydrogens (tertiary/aromatic N) is 1. The van der Waals surface area contributed by atoms with Gasteiger partial charge in [0.05, 0.1) is 5.69 Å². The standard InChI is InChI=1S/C17H30N2S2/c1-7-8-18-12-9-17(5,6)10-13-15(12)21-14(19-13)11-20-16(2,3)4/h12,18H,7-11H2,1-6H3. The van der Waals surface area contributed by atoms with Gasteiger partial charge >= 0.3 is 0 Å². The van der Waals surface area contributed by atoms with Gasteiger partial charge in [-0.1, -0.05) is 41.5 Å². The first-order chi connectivity index (χ1) is 9.70. The molecule has 21 heavy (non-hydrogen) atoms. The van der Waals surface area contributed by atoms with E-state index in [0.717, 1.165) is 18.7 Å². The summed E-state index contributed by atoms with van der Waals surface area (Å²) in [4.78, 5) is 6.47. The normalized spacial score (nSPS) is 21.3. The molecular weight excluding hydrogens is 296 g/mol. The summed E-state index contributed by atoms with van der Waals surface area (Å²) in [6.07, 6.45) is 3.55. The van der Waals surface area contributed by atoms with E-state index in [2.05, 4.69) is 46.9 Å². The molecule has 0 saturated heterocycles. The van der Waals surface area contributed by atoms with E-state index in [4.69, 9.17) is 4.98 Å². The Morgan fingerprint density at radius 2 is 2.10 bits per heavy atom. The first-order valence-corrected chi connectivity index (χ1v) is 9.86. The second kappa shape index (κ2) is 6.59. The fraction of sp³-hybridized carbons (Fsp3) is 0.824. The van der Waals surface area contributed by atoms with Gasteiger partial charge in [-0.2, -0.15) is 0 Å². The van der Waals surface area contributed by atoms with Gasteiger partial charge in [0.15, 0.2) is 0 Å². The highest BCUT2D eigenvalue weighted by atomic mass is 32.2. The zero-order valence-electron chi connectivity index (χ0n) is 14.4. The summed E-state index contributed by atoms with van der Waals surface area (Å²) >= 11 is 3.94. The van der Waals surface area contributed by atoms with Crippen molar-refractivity contribution in [3.63, 3.8) is 0 Å². The number of nitrogens with one attached hydrogen (secondary N) is 1. The minimum Gasteiger partial charge on any atom is -0.309 e. The Morgan fingerprint density at radius 1 is 1.38 bits per heavy atom. The summed E-state index contributed by atoms with van der Waals surface area (Å²) in [5.41, 5.74) is 1.72. The molecule has 120 valence electrons. The van der Waals surface area contributed by atoms with Crippen LogP contribution in [0.4, 0.5) is 0 Å². The molecule has 0 amide bonds. The minimum atomic E-state index is 0.311. The van der Waals surface area contributed by atoms with E-state index < -0.39 is 0 Å². The van der Waals surface area contributed by atoms with Crippen molar-refractivity contribution in [2.75, 3.05) is 6.54 Å². The lowest BCUT2D eigenvalue weighted by molar-refractivity contribution is 0.258. The van der Waals surface area contributed by atoms with Gasteiger partial charge in [0.2, 0.25) is 0 Å². The molecule has 0 radical (unpaired) electrons. The van der Waals surface area contributed by atoms with Crippen LogP contribution < -0.4 is 5.32 Å². The first kappa shape index (κ1) is 17.3. The molecule has 0 spiro atoms. The van der Waals surface area contributed by atoms with Crippen LogP contribution in [0.1, 0.15) is 76.0 Å². The van der Waals surface area contributed by atoms with Gasteiger partial charge in [0.1, 0.15) is 5.01 Å². The van der Waals surface area contributed by atoms with E-state index in [9.17, 15) is 0 Å². The number of hydrogen-bond donors (Lipinski definition) is 1. The maximum Gasteiger partial charge on any atom is 0.103 e. The Hall–Kier alpha value is -0.0600. The van der Waals surface area contributed by atoms with Gasteiger partial charge in [0.25, 0.3) is 0 Å². The Kier molecular flexibility index (Phi) is 5.43. The van der Waals surface area contributed by atoms with E-state index in [0.29, 0.717) is 16.2 Å². The van der Waals surface area contributed by atoms with Crippen LogP contribution in [0.3, 0.4) is 0 Å². The van der Waals surface area contributed by atoms with Gasteiger partial charge in [-0.15, -0.1) is 23.1 Å². The van der Waals surface area contributed by atoms with E-state index in [1.165, 1.54) is 28.4 Å². The van der Waals surface area contributed by atoms with Crippen molar-refractivity contribution in [1.82, 2.24) is 10.3 Å². The maximum absolute atomic E-state index is 4.97. The van der Waals surface area contributed by atoms with Crippen LogP contribution in [0.25, 0.3) is 0 Å². The van der Waals surface area contributed by atoms with Crippen molar-refractivity contribution in [1.29, 1.82) is 0 Å². The third-order valence-electron chi connectivity index (χ3n) is 3.76. The van der Waals surface area contributed by atoms with Crippen LogP contribution in [0.15, 0.2) is 0 Å². The molecule has 1 unspecified atom stereocenters. The Bertz CT molecular complexity index is 472. The van der Waals surface area contributed by atoms with Crippen LogP contribution >= 0.6 is 23.1 Å². The summed E-state index contributed by atoms with van der Waals surface area (Å²) in [6.45, 7) is 14.9. The molecule has 1 N–H and O–H groups in total. The summed E-state index contributed by atoms with van der Waals surface area (Å²) in [6, 6.07) is 0.509. The molecule has 1 heterocycles. The molecule has 2 nitrogen and oxygen atoms in total. The lowest BCUT2D eigenvalue weighted by atomic mass is 9.76. The lowest BCUT2D eigenvalue weighted by Gasteiger charge is -2.34. The van der Waals surface area contributed by atoms with Crippen molar-refractivity contribution >= 4 is 23.1 Å². The topological polar surface area (TPSA) is 24.9 Å². The molecule has 0 fully saturated rings. The summed E-state index contributed by atoms with van der Waals surface area (Å²) in [5, 5.41) is 5.04. The Balaban J connectivity index is 2.15. The number of thioether (sulfide) groups is 1. The minimum absolute atomic E-state index is 0.311. The third kappa shape index (κ3) is 4.97. The van der Waals surface area contributed by atoms with Gasteiger partial charge in [-0.25, -0.2) is 4.98 Å². The summed E-state index contributed by atoms with van der Waals surface area (Å²) in [7, 11) is 0. The van der Waals surface area contributed by atoms with Crippen molar-refractivity contribution in [2.24, 2.45) is 5.41 Å². The smallest absolute Gasteiger partial charge is 0.103 e. The molecule has 0 aliphatic heterocycles. The second-order valence-corrected chi connectivity index (χ2v) is 10.8. The highest BCUT2D eigenvalue weighted by Gasteiger charge is 2.34. The fourth-order valence-electron chi connectivity index (χ4n) is 2.81. The molecule has 1 aliphatic rings. The van der Waals surface area contributed by atoms with Crippen molar-refractivity contribution in [2.45, 2.75) is 77.3 Å². The van der Waals surface area contributed by atoms with Gasteiger partial charge in [0, 0.05) is 21.4 Å². The van der Waals surface area contributed by atoms with E-state index in [1.807, 2.05) is 23.1 Å². The predicted molar refractivity (Wildman–Crippen MR) is 96.3 cm³/mol. The Labute approximate surface area is 138 Å². The third-order valence-corrected chi connectivity index (χ3v) is 6.44. The quantitative estimate of drug-likeness (QED) is 0.806. The van der Waals surface area contributed by atoms with Crippen molar-refractivity contribution in [3.8, 4) is 0 Å². The molecule has 0 aromatic carbocycles. The number of rotatable bonds is 5. The average molecular weight is 327 g/mol. The number of fused-ring (bicyclic) bond motifs is 1. The van der Waals surface area contributed by atoms with E-state index in [1.54, 1.807) is 0 Å². The fourth-order valence-corrected chi connectivity index (χ4v) is 4.80. The van der Waals surface area contributed by atoms with Gasteiger partial charge < -0.3 is 5.32 Å². The molecular formula is C17H30N2S2. The zero-order chi connectivity index (χ0) is 15.7. The second-order valence-electron chi connectivity index (χ2n) is 7.87. The zero-order valence-corrected chi connectivity index (χ0v) is 16.0. The van der Waals surface area contributed by atoms with Crippen LogP contribution in [-0.4, -0.2) is 16.3 Å². The number of aromatic nitrogens is 1. The highest BCUT2D eigenvalue weighted by molar-refractivity contribution is 7.99. The summed E-state index contributed by atoms with van der Waals surface area (Å²) in [5.74, 6) is 1.04. The molecule has 2 rings (SSSR count). The molecule has 1 atom stereocenters. The monoisotopic (exact) mass is 326 g/mol. The van der Waals surface area contributed by atoms with Crippen molar-refractivity contribution in [3.05, 3.63) is 15.6 Å². The van der Waals surface area contributed by atoms with Crippen molar-refractivity contribution < 1.29 is 0 Å². The molecule has 0 bridgehead atoms. The molecule has 1 aromatic heterocycles. The molecule has 1 aromatic rings. The highest BCUT2D eigenvalue weighted by Crippen LogP contribution is 2.43. The van der Waals surface area contributed by atoms with Gasteiger partial charge in [-0.05, 0) is 31.2 Å². The van der Waals surface area contributed by atoms with Crippen LogP contribution in [0, 0.1) is 5.41 Å². The Morgan fingerprint density at radius 3 is 2.71 bits per heavy atom. The maximum atomic E-state index is 4.97. The van der Waals surface area contributed by atoms with Gasteiger partial charge in [-0.3, -0.25) is 0 Å². The SMILES string of the molecule is CCCNC1CC(C)(C)Cc2nc(CSC(C)(C)C)sc21. The number of thiazole rings is 1. The average Bonchev–Trinajstić information content (AvgIpc) is 2.74. The largest absolute Gasteiger partial charge is 0.309 e. The van der Waals surface area contributed by atoms with E-state index in [-0.39, 0.29) is 0 Å². The number of hydrogen-bond acceptors (Lipinski definition) is 4. The molecule has 0 saturated carbocycles. The summed E-state index contributed by atoms with van der Waals surface area (Å²) < 4.78 is 0.311. The lowest BCUT2D eigenvalue weighted by Crippen LogP contribution is -2.33. The van der Waals surface area contributed by atoms with Crippen LogP contribution in [-0.2, 0) is 12.2 Å². The van der Waals surface area contributed by atoms with E-state index >= 15 is 0 Å². The molecule has 1 aliphatic carbocycles. The van der Waals surface area contributed by atoms with Crippen LogP contribution in [0.2, 0.25) is 0 Å².